The molecule has 0 spiro atoms. The minimum atomic E-state index is -0.556. The van der Waals surface area contributed by atoms with Crippen LogP contribution in [-0.4, -0.2) is 33.4 Å². The number of aliphatic hydroxyl groups is 2. The van der Waals surface area contributed by atoms with Gasteiger partial charge in [0, 0.05) is 6.10 Å². The number of hydrogen-bond acceptors (Lipinski definition) is 4. The topological polar surface area (TPSA) is 70.0 Å². The number of aliphatic hydroxyl groups excluding tert-OH is 2. The van der Waals surface area contributed by atoms with Crippen molar-refractivity contribution in [3.05, 3.63) is 47.9 Å². The summed E-state index contributed by atoms with van der Waals surface area (Å²) in [5, 5.41) is 17.7. The van der Waals surface area contributed by atoms with Crippen LogP contribution in [0.3, 0.4) is 0 Å². The van der Waals surface area contributed by atoms with Gasteiger partial charge in [0.05, 0.1) is 6.04 Å². The van der Waals surface area contributed by atoms with Crippen molar-refractivity contribution >= 4 is 24.7 Å². The maximum absolute atomic E-state index is 11.7. The number of hydrogen-bond donors (Lipinski definition) is 2. The number of nitrogens with zero attached hydrogens (tertiary/aromatic N) is 1. The normalized spacial score (nSPS) is 19.8. The zero-order chi connectivity index (χ0) is 18.7. The molecule has 1 aromatic carbocycles. The van der Waals surface area contributed by atoms with Crippen LogP contribution in [0.5, 0.6) is 0 Å². The molecule has 1 saturated heterocycles. The Bertz CT molecular complexity index is 511. The number of benzene rings is 1. The summed E-state index contributed by atoms with van der Waals surface area (Å²) in [6.45, 7) is 6.97. The van der Waals surface area contributed by atoms with Crippen molar-refractivity contribution in [2.24, 2.45) is 0 Å². The first-order valence-electron chi connectivity index (χ1n) is 7.34. The average molecular weight is 412 g/mol. The van der Waals surface area contributed by atoms with E-state index in [1.54, 1.807) is 20.8 Å². The number of allylic oxidation sites excluding steroid dienone is 1. The second kappa shape index (κ2) is 12.6. The Morgan fingerprint density at radius 2 is 1.79 bits per heavy atom. The summed E-state index contributed by atoms with van der Waals surface area (Å²) in [6, 6.07) is 9.30. The van der Waals surface area contributed by atoms with Crippen LogP contribution in [-0.2, 0) is 21.8 Å². The number of amides is 1. The van der Waals surface area contributed by atoms with Gasteiger partial charge in [-0.15, -0.1) is 0 Å². The van der Waals surface area contributed by atoms with Gasteiger partial charge in [0.1, 0.15) is 6.10 Å². The first-order chi connectivity index (χ1) is 11.3. The molecule has 134 valence electrons. The molecule has 0 aromatic heterocycles. The van der Waals surface area contributed by atoms with Gasteiger partial charge in [0.25, 0.3) is 0 Å². The second-order valence-electron chi connectivity index (χ2n) is 5.14. The van der Waals surface area contributed by atoms with Crippen molar-refractivity contribution in [1.29, 1.82) is 0 Å². The van der Waals surface area contributed by atoms with Gasteiger partial charge in [-0.2, -0.15) is 0 Å². The van der Waals surface area contributed by atoms with Crippen molar-refractivity contribution in [2.45, 2.75) is 45.9 Å². The van der Waals surface area contributed by atoms with Crippen LogP contribution in [0.15, 0.2) is 42.3 Å². The van der Waals surface area contributed by atoms with E-state index in [0.29, 0.717) is 0 Å². The zero-order valence-corrected chi connectivity index (χ0v) is 17.2. The SMILES string of the molecule is C/C=C(\O)N1C(=O)O[C@@H](c2ccccc2)[C@H]1C.CC(C)O.[Cl][Ti][Cl]. The molecule has 8 heteroatoms. The Hall–Kier alpha value is -0.716. The number of carbonyl (C=O) groups excluding carboxylic acids is 1. The number of halogens is 2. The third kappa shape index (κ3) is 7.90. The molecule has 1 heterocycles. The molecule has 0 radical (unpaired) electrons. The molecule has 2 N–H and O–H groups in total. The fourth-order valence-electron chi connectivity index (χ4n) is 2.00. The molecule has 1 fully saturated rings. The molecule has 2 atom stereocenters. The van der Waals surface area contributed by atoms with Crippen LogP contribution >= 0.6 is 18.6 Å². The third-order valence-corrected chi connectivity index (χ3v) is 2.90. The predicted molar refractivity (Wildman–Crippen MR) is 92.4 cm³/mol. The molecule has 0 saturated carbocycles. The molecular formula is C16H23Cl2NO4Ti. The van der Waals surface area contributed by atoms with Gasteiger partial charge in [-0.25, -0.2) is 9.69 Å². The Morgan fingerprint density at radius 1 is 1.33 bits per heavy atom. The van der Waals surface area contributed by atoms with Crippen molar-refractivity contribution < 1.29 is 36.8 Å². The summed E-state index contributed by atoms with van der Waals surface area (Å²) in [7, 11) is 9.78. The van der Waals surface area contributed by atoms with Gasteiger partial charge in [-0.05, 0) is 39.3 Å². The van der Waals surface area contributed by atoms with Crippen LogP contribution in [0.2, 0.25) is 0 Å². The van der Waals surface area contributed by atoms with E-state index in [-0.39, 0.29) is 24.1 Å². The monoisotopic (exact) mass is 411 g/mol. The van der Waals surface area contributed by atoms with E-state index in [2.05, 4.69) is 0 Å². The Labute approximate surface area is 159 Å². The van der Waals surface area contributed by atoms with Gasteiger partial charge in [0.15, 0.2) is 5.88 Å². The summed E-state index contributed by atoms with van der Waals surface area (Å²) < 4.78 is 5.28. The van der Waals surface area contributed by atoms with E-state index >= 15 is 0 Å². The third-order valence-electron chi connectivity index (χ3n) is 2.90. The number of rotatable bonds is 2. The average Bonchev–Trinajstić information content (AvgIpc) is 2.82. The Kier molecular flexibility index (Phi) is 12.2. The van der Waals surface area contributed by atoms with Crippen LogP contribution < -0.4 is 0 Å². The van der Waals surface area contributed by atoms with E-state index in [0.717, 1.165) is 5.56 Å². The summed E-state index contributed by atoms with van der Waals surface area (Å²) in [4.78, 5) is 12.9. The van der Waals surface area contributed by atoms with E-state index in [4.69, 9.17) is 28.5 Å². The van der Waals surface area contributed by atoms with Gasteiger partial charge in [-0.3, -0.25) is 0 Å². The summed E-state index contributed by atoms with van der Waals surface area (Å²) in [5.74, 6) is -0.0686. The van der Waals surface area contributed by atoms with E-state index in [1.165, 1.54) is 11.0 Å². The molecule has 1 aliphatic heterocycles. The van der Waals surface area contributed by atoms with Crippen molar-refractivity contribution in [2.75, 3.05) is 0 Å². The van der Waals surface area contributed by atoms with Crippen molar-refractivity contribution in [3.8, 4) is 0 Å². The summed E-state index contributed by atoms with van der Waals surface area (Å²) in [6.07, 6.45) is 0.457. The molecule has 5 nitrogen and oxygen atoms in total. The molecule has 0 bridgehead atoms. The summed E-state index contributed by atoms with van der Waals surface area (Å²) >= 11 is -0.556. The van der Waals surface area contributed by atoms with Gasteiger partial charge in [-0.1, -0.05) is 30.3 Å². The first kappa shape index (κ1) is 23.3. The molecule has 0 unspecified atom stereocenters. The van der Waals surface area contributed by atoms with Crippen LogP contribution in [0.4, 0.5) is 4.79 Å². The quantitative estimate of drug-likeness (QED) is 0.544. The standard InChI is InChI=1S/C13H15NO3.C3H8O.2ClH.Ti/c1-3-11(15)14-9(2)12(17-13(14)16)10-7-5-4-6-8-10;1-3(2)4;;;/h3-9,12,15H,1-2H3;3-4H,1-2H3;2*1H;/q;;;;+2/p-2/b11-3-;;;;/t9-,12-;;;;/m1..../s1. The van der Waals surface area contributed by atoms with Crippen molar-refractivity contribution in [3.63, 3.8) is 0 Å². The second-order valence-corrected chi connectivity index (χ2v) is 7.72. The molecule has 1 amide bonds. The maximum atomic E-state index is 11.7. The minimum absolute atomic E-state index is 0.0686. The fraction of sp³-hybridized carbons (Fsp3) is 0.438. The molecule has 0 aliphatic carbocycles. The molecule has 24 heavy (non-hydrogen) atoms. The molecule has 1 aromatic rings. The Balaban J connectivity index is 0.000000648. The number of cyclic esters (lactones) is 1. The van der Waals surface area contributed by atoms with Crippen molar-refractivity contribution in [1.82, 2.24) is 4.90 Å². The molecule has 2 rings (SSSR count). The van der Waals surface area contributed by atoms with E-state index < -0.39 is 23.1 Å². The Morgan fingerprint density at radius 3 is 2.21 bits per heavy atom. The van der Waals surface area contributed by atoms with E-state index in [9.17, 15) is 9.90 Å². The number of carbonyl (C=O) groups is 1. The van der Waals surface area contributed by atoms with Crippen LogP contribution in [0.1, 0.15) is 39.4 Å². The predicted octanol–water partition coefficient (Wildman–Crippen LogP) is 4.75. The fourth-order valence-corrected chi connectivity index (χ4v) is 2.00. The van der Waals surface area contributed by atoms with E-state index in [1.807, 2.05) is 37.3 Å². The van der Waals surface area contributed by atoms with Gasteiger partial charge >= 0.3 is 41.7 Å². The number of ether oxygens (including phenoxy) is 1. The molecular weight excluding hydrogens is 389 g/mol. The van der Waals surface area contributed by atoms with Gasteiger partial charge < -0.3 is 14.9 Å². The van der Waals surface area contributed by atoms with Crippen LogP contribution in [0.25, 0.3) is 0 Å². The summed E-state index contributed by atoms with van der Waals surface area (Å²) in [5.41, 5.74) is 0.930. The first-order valence-corrected chi connectivity index (χ1v) is 11.6. The zero-order valence-electron chi connectivity index (χ0n) is 14.1. The van der Waals surface area contributed by atoms with Gasteiger partial charge in [0.2, 0.25) is 0 Å². The van der Waals surface area contributed by atoms with Crippen LogP contribution in [0, 0.1) is 0 Å². The molecule has 1 aliphatic rings.